The molecule has 1 rings (SSSR count). The number of sulfone groups is 1. The first kappa shape index (κ1) is 12.1. The molecule has 4 nitrogen and oxygen atoms in total. The molecule has 0 saturated carbocycles. The molecule has 0 radical (unpaired) electrons. The maximum atomic E-state index is 11.1. The number of ether oxygens (including phenoxy) is 1. The Morgan fingerprint density at radius 1 is 1.50 bits per heavy atom. The van der Waals surface area contributed by atoms with Crippen molar-refractivity contribution in [3.05, 3.63) is 0 Å². The van der Waals surface area contributed by atoms with Crippen LogP contribution in [0.3, 0.4) is 0 Å². The van der Waals surface area contributed by atoms with Crippen molar-refractivity contribution in [1.29, 1.82) is 0 Å². The topological polar surface area (TPSA) is 60.4 Å². The molecule has 2 atom stereocenters. The summed E-state index contributed by atoms with van der Waals surface area (Å²) < 4.78 is 38.5. The predicted molar refractivity (Wildman–Crippen MR) is 56.6 cm³/mol. The van der Waals surface area contributed by atoms with Gasteiger partial charge < -0.3 is 4.74 Å². The van der Waals surface area contributed by atoms with E-state index >= 15 is 0 Å². The van der Waals surface area contributed by atoms with Gasteiger partial charge in [0.2, 0.25) is 0 Å². The van der Waals surface area contributed by atoms with Gasteiger partial charge in [0.05, 0.1) is 24.2 Å². The van der Waals surface area contributed by atoms with E-state index in [0.717, 1.165) is 0 Å². The highest BCUT2D eigenvalue weighted by Gasteiger charge is 2.28. The highest BCUT2D eigenvalue weighted by molar-refractivity contribution is 7.91. The summed E-state index contributed by atoms with van der Waals surface area (Å²) in [6.45, 7) is 2.26. The van der Waals surface area contributed by atoms with E-state index in [4.69, 9.17) is 4.74 Å². The molecule has 0 aromatic carbocycles. The normalized spacial score (nSPS) is 27.6. The molecule has 0 N–H and O–H groups in total. The Bertz CT molecular complexity index is 296. The lowest BCUT2D eigenvalue weighted by Gasteiger charge is -2.08. The van der Waals surface area contributed by atoms with Crippen molar-refractivity contribution in [3.8, 4) is 0 Å². The van der Waals surface area contributed by atoms with E-state index in [1.165, 1.54) is 0 Å². The van der Waals surface area contributed by atoms with Crippen LogP contribution in [0.1, 0.15) is 13.3 Å². The average molecular weight is 240 g/mol. The summed E-state index contributed by atoms with van der Waals surface area (Å²) in [5.74, 6) is 1.50. The van der Waals surface area contributed by atoms with Crippen LogP contribution in [0, 0.1) is 0 Å². The summed E-state index contributed by atoms with van der Waals surface area (Å²) in [5.41, 5.74) is 0. The minimum atomic E-state index is -2.85. The SMILES string of the molecule is CCS(=O)CCOC1CCS(=O)(=O)C1. The summed E-state index contributed by atoms with van der Waals surface area (Å²) in [4.78, 5) is 0. The fourth-order valence-electron chi connectivity index (χ4n) is 1.34. The molecule has 6 heteroatoms. The number of hydrogen-bond donors (Lipinski definition) is 0. The summed E-state index contributed by atoms with van der Waals surface area (Å²) in [5, 5.41) is 0. The van der Waals surface area contributed by atoms with Gasteiger partial charge in [0.1, 0.15) is 0 Å². The Balaban J connectivity index is 2.18. The van der Waals surface area contributed by atoms with Gasteiger partial charge >= 0.3 is 0 Å². The van der Waals surface area contributed by atoms with E-state index in [0.29, 0.717) is 24.5 Å². The van der Waals surface area contributed by atoms with Gasteiger partial charge in [-0.3, -0.25) is 4.21 Å². The van der Waals surface area contributed by atoms with Gasteiger partial charge in [-0.15, -0.1) is 0 Å². The Hall–Kier alpha value is 0.0600. The lowest BCUT2D eigenvalue weighted by Crippen LogP contribution is -2.18. The minimum Gasteiger partial charge on any atom is -0.376 e. The summed E-state index contributed by atoms with van der Waals surface area (Å²) in [6.07, 6.45) is 0.412. The highest BCUT2D eigenvalue weighted by atomic mass is 32.2. The largest absolute Gasteiger partial charge is 0.376 e. The number of hydrogen-bond acceptors (Lipinski definition) is 4. The quantitative estimate of drug-likeness (QED) is 0.676. The molecule has 1 aliphatic heterocycles. The van der Waals surface area contributed by atoms with E-state index in [1.807, 2.05) is 6.92 Å². The van der Waals surface area contributed by atoms with Crippen LogP contribution in [-0.2, 0) is 25.4 Å². The van der Waals surface area contributed by atoms with Crippen LogP contribution in [0.2, 0.25) is 0 Å². The van der Waals surface area contributed by atoms with Gasteiger partial charge in [0.15, 0.2) is 9.84 Å². The van der Waals surface area contributed by atoms with Crippen molar-refractivity contribution in [3.63, 3.8) is 0 Å². The van der Waals surface area contributed by atoms with Crippen LogP contribution in [0.25, 0.3) is 0 Å². The fourth-order valence-corrected chi connectivity index (χ4v) is 3.53. The standard InChI is InChI=1S/C8H16O4S2/c1-2-13(9)5-4-12-8-3-6-14(10,11)7-8/h8H,2-7H2,1H3. The van der Waals surface area contributed by atoms with Gasteiger partial charge in [-0.1, -0.05) is 6.92 Å². The first-order valence-corrected chi connectivity index (χ1v) is 8.01. The van der Waals surface area contributed by atoms with Crippen LogP contribution >= 0.6 is 0 Å². The van der Waals surface area contributed by atoms with Crippen LogP contribution in [0.5, 0.6) is 0 Å². The Morgan fingerprint density at radius 2 is 2.21 bits per heavy atom. The van der Waals surface area contributed by atoms with Gasteiger partial charge in [0, 0.05) is 22.3 Å². The lowest BCUT2D eigenvalue weighted by atomic mass is 10.3. The second-order valence-corrected chi connectivity index (χ2v) is 7.42. The van der Waals surface area contributed by atoms with E-state index in [1.54, 1.807) is 0 Å². The predicted octanol–water partition coefficient (Wildman–Crippen LogP) is -0.0413. The first-order valence-electron chi connectivity index (χ1n) is 4.70. The third-order valence-electron chi connectivity index (χ3n) is 2.18. The molecular formula is C8H16O4S2. The molecule has 0 amide bonds. The molecule has 14 heavy (non-hydrogen) atoms. The average Bonchev–Trinajstić information content (AvgIpc) is 2.45. The number of rotatable bonds is 5. The molecule has 1 saturated heterocycles. The van der Waals surface area contributed by atoms with E-state index in [-0.39, 0.29) is 17.6 Å². The van der Waals surface area contributed by atoms with Gasteiger partial charge in [-0.05, 0) is 6.42 Å². The Kier molecular flexibility index (Phi) is 4.53. The van der Waals surface area contributed by atoms with E-state index in [2.05, 4.69) is 0 Å². The second kappa shape index (κ2) is 5.23. The van der Waals surface area contributed by atoms with Crippen molar-refractivity contribution < 1.29 is 17.4 Å². The minimum absolute atomic E-state index is 0.131. The molecule has 1 heterocycles. The highest BCUT2D eigenvalue weighted by Crippen LogP contribution is 2.14. The summed E-state index contributed by atoms with van der Waals surface area (Å²) >= 11 is 0. The monoisotopic (exact) mass is 240 g/mol. The third-order valence-corrected chi connectivity index (χ3v) is 5.18. The molecule has 0 bridgehead atoms. The summed E-state index contributed by atoms with van der Waals surface area (Å²) in [6, 6.07) is 0. The first-order chi connectivity index (χ1) is 6.53. The Labute approximate surface area is 87.4 Å². The van der Waals surface area contributed by atoms with E-state index < -0.39 is 20.6 Å². The van der Waals surface area contributed by atoms with Gasteiger partial charge in [0.25, 0.3) is 0 Å². The van der Waals surface area contributed by atoms with Crippen molar-refractivity contribution in [2.24, 2.45) is 0 Å². The van der Waals surface area contributed by atoms with Crippen molar-refractivity contribution in [2.75, 3.05) is 29.6 Å². The van der Waals surface area contributed by atoms with Gasteiger partial charge in [-0.25, -0.2) is 8.42 Å². The molecule has 84 valence electrons. The maximum Gasteiger partial charge on any atom is 0.152 e. The third kappa shape index (κ3) is 4.06. The smallest absolute Gasteiger partial charge is 0.152 e. The van der Waals surface area contributed by atoms with Gasteiger partial charge in [-0.2, -0.15) is 0 Å². The second-order valence-electron chi connectivity index (χ2n) is 3.33. The molecular weight excluding hydrogens is 224 g/mol. The van der Waals surface area contributed by atoms with Crippen molar-refractivity contribution in [1.82, 2.24) is 0 Å². The lowest BCUT2D eigenvalue weighted by molar-refractivity contribution is 0.0833. The molecule has 0 aliphatic carbocycles. The Morgan fingerprint density at radius 3 is 2.71 bits per heavy atom. The molecule has 0 spiro atoms. The molecule has 1 aliphatic rings. The van der Waals surface area contributed by atoms with E-state index in [9.17, 15) is 12.6 Å². The zero-order valence-electron chi connectivity index (χ0n) is 8.27. The zero-order valence-corrected chi connectivity index (χ0v) is 9.90. The summed E-state index contributed by atoms with van der Waals surface area (Å²) in [7, 11) is -3.67. The fraction of sp³-hybridized carbons (Fsp3) is 1.00. The molecule has 2 unspecified atom stereocenters. The molecule has 1 fully saturated rings. The van der Waals surface area contributed by atoms with Crippen LogP contribution in [0.15, 0.2) is 0 Å². The maximum absolute atomic E-state index is 11.1. The van der Waals surface area contributed by atoms with Crippen LogP contribution in [-0.4, -0.2) is 48.3 Å². The van der Waals surface area contributed by atoms with Crippen LogP contribution < -0.4 is 0 Å². The van der Waals surface area contributed by atoms with Crippen molar-refractivity contribution >= 4 is 20.6 Å². The van der Waals surface area contributed by atoms with Crippen LogP contribution in [0.4, 0.5) is 0 Å². The zero-order chi connectivity index (χ0) is 10.6. The molecule has 0 aromatic rings. The van der Waals surface area contributed by atoms with Crippen molar-refractivity contribution in [2.45, 2.75) is 19.4 Å². The molecule has 0 aromatic heterocycles.